The summed E-state index contributed by atoms with van der Waals surface area (Å²) in [5, 5.41) is 4.07. The van der Waals surface area contributed by atoms with Gasteiger partial charge in [-0.3, -0.25) is 0 Å². The van der Waals surface area contributed by atoms with Crippen molar-refractivity contribution in [2.45, 2.75) is 32.2 Å². The van der Waals surface area contributed by atoms with Gasteiger partial charge in [-0.15, -0.1) is 0 Å². The van der Waals surface area contributed by atoms with E-state index in [0.717, 1.165) is 23.3 Å². The Morgan fingerprint density at radius 2 is 2.14 bits per heavy atom. The Morgan fingerprint density at radius 3 is 2.71 bits per heavy atom. The lowest BCUT2D eigenvalue weighted by Gasteiger charge is -2.29. The fourth-order valence-electron chi connectivity index (χ4n) is 3.27. The molecule has 1 aromatic rings. The molecule has 0 spiro atoms. The summed E-state index contributed by atoms with van der Waals surface area (Å²) in [5.74, 6) is 0.532. The summed E-state index contributed by atoms with van der Waals surface area (Å²) in [6.45, 7) is 3.27. The minimum atomic E-state index is -0.288. The third-order valence-electron chi connectivity index (χ3n) is 4.32. The standard InChI is InChI=1S/C16H20N2O2S/c1-2-20-15(19)12-4-6-13(7-5-12)17-16(21)18-10-11-3-8-14(18)9-11/h4-7,11,14H,2-3,8-10H2,1H3,(H,17,21)/t11-,14+/m0/s1. The molecule has 4 nitrogen and oxygen atoms in total. The number of piperidine rings is 1. The fourth-order valence-corrected chi connectivity index (χ4v) is 3.61. The van der Waals surface area contributed by atoms with Crippen molar-refractivity contribution in [3.05, 3.63) is 29.8 Å². The van der Waals surface area contributed by atoms with Crippen LogP contribution in [0, 0.1) is 5.92 Å². The van der Waals surface area contributed by atoms with Crippen LogP contribution in [0.25, 0.3) is 0 Å². The van der Waals surface area contributed by atoms with E-state index in [1.165, 1.54) is 19.3 Å². The fraction of sp³-hybridized carbons (Fsp3) is 0.500. The largest absolute Gasteiger partial charge is 0.462 e. The monoisotopic (exact) mass is 304 g/mol. The van der Waals surface area contributed by atoms with Crippen molar-refractivity contribution in [3.63, 3.8) is 0 Å². The van der Waals surface area contributed by atoms with E-state index in [9.17, 15) is 4.79 Å². The van der Waals surface area contributed by atoms with Crippen molar-refractivity contribution in [2.24, 2.45) is 5.92 Å². The first-order valence-electron chi connectivity index (χ1n) is 7.52. The van der Waals surface area contributed by atoms with E-state index in [-0.39, 0.29) is 5.97 Å². The highest BCUT2D eigenvalue weighted by molar-refractivity contribution is 7.80. The van der Waals surface area contributed by atoms with Crippen molar-refractivity contribution in [1.82, 2.24) is 4.90 Å². The van der Waals surface area contributed by atoms with Crippen LogP contribution in [0.3, 0.4) is 0 Å². The van der Waals surface area contributed by atoms with Gasteiger partial charge in [-0.2, -0.15) is 0 Å². The molecule has 2 bridgehead atoms. The van der Waals surface area contributed by atoms with E-state index in [1.807, 2.05) is 12.1 Å². The van der Waals surface area contributed by atoms with E-state index in [4.69, 9.17) is 17.0 Å². The van der Waals surface area contributed by atoms with Gasteiger partial charge in [0.15, 0.2) is 5.11 Å². The van der Waals surface area contributed by atoms with Crippen LogP contribution in [-0.2, 0) is 4.74 Å². The zero-order valence-corrected chi connectivity index (χ0v) is 13.0. The first-order chi connectivity index (χ1) is 10.2. The van der Waals surface area contributed by atoms with E-state index < -0.39 is 0 Å². The van der Waals surface area contributed by atoms with Gasteiger partial charge in [0.2, 0.25) is 0 Å². The van der Waals surface area contributed by atoms with Crippen LogP contribution in [0.5, 0.6) is 0 Å². The number of hydrogen-bond donors (Lipinski definition) is 1. The third kappa shape index (κ3) is 3.02. The maximum atomic E-state index is 11.6. The molecule has 0 radical (unpaired) electrons. The number of carbonyl (C=O) groups excluding carboxylic acids is 1. The van der Waals surface area contributed by atoms with E-state index in [0.29, 0.717) is 18.2 Å². The van der Waals surface area contributed by atoms with Crippen LogP contribution < -0.4 is 5.32 Å². The lowest BCUT2D eigenvalue weighted by Crippen LogP contribution is -2.40. The Hall–Kier alpha value is -1.62. The first-order valence-corrected chi connectivity index (χ1v) is 7.93. The summed E-state index contributed by atoms with van der Waals surface area (Å²) in [5.41, 5.74) is 1.48. The van der Waals surface area contributed by atoms with Gasteiger partial charge in [0.25, 0.3) is 0 Å². The molecule has 0 amide bonds. The zero-order valence-electron chi connectivity index (χ0n) is 12.2. The predicted molar refractivity (Wildman–Crippen MR) is 86.5 cm³/mol. The molecular formula is C16H20N2O2S. The highest BCUT2D eigenvalue weighted by atomic mass is 32.1. The van der Waals surface area contributed by atoms with Crippen LogP contribution in [0.1, 0.15) is 36.5 Å². The number of carbonyl (C=O) groups is 1. The van der Waals surface area contributed by atoms with Gasteiger partial charge >= 0.3 is 5.97 Å². The average Bonchev–Trinajstić information content (AvgIpc) is 3.11. The number of thiocarbonyl (C=S) groups is 1. The Kier molecular flexibility index (Phi) is 4.10. The number of anilines is 1. The van der Waals surface area contributed by atoms with Crippen LogP contribution in [0.15, 0.2) is 24.3 Å². The van der Waals surface area contributed by atoms with Crippen LogP contribution in [-0.4, -0.2) is 35.2 Å². The minimum Gasteiger partial charge on any atom is -0.462 e. The Balaban J connectivity index is 1.60. The van der Waals surface area contributed by atoms with Crippen molar-refractivity contribution >= 4 is 29.0 Å². The van der Waals surface area contributed by atoms with E-state index >= 15 is 0 Å². The second-order valence-corrected chi connectivity index (χ2v) is 6.10. The third-order valence-corrected chi connectivity index (χ3v) is 4.65. The molecule has 112 valence electrons. The number of nitrogens with zero attached hydrogens (tertiary/aromatic N) is 1. The van der Waals surface area contributed by atoms with Gasteiger partial charge in [0.1, 0.15) is 0 Å². The molecular weight excluding hydrogens is 284 g/mol. The number of nitrogens with one attached hydrogen (secondary N) is 1. The number of fused-ring (bicyclic) bond motifs is 2. The number of likely N-dealkylation sites (tertiary alicyclic amines) is 1. The highest BCUT2D eigenvalue weighted by Gasteiger charge is 2.38. The Morgan fingerprint density at radius 1 is 1.38 bits per heavy atom. The number of esters is 1. The molecule has 1 saturated heterocycles. The molecule has 1 aliphatic carbocycles. The van der Waals surface area contributed by atoms with Crippen molar-refractivity contribution in [2.75, 3.05) is 18.5 Å². The van der Waals surface area contributed by atoms with Gasteiger partial charge < -0.3 is 15.0 Å². The van der Waals surface area contributed by atoms with Crippen LogP contribution >= 0.6 is 12.2 Å². The lowest BCUT2D eigenvalue weighted by atomic mass is 10.1. The minimum absolute atomic E-state index is 0.288. The second-order valence-electron chi connectivity index (χ2n) is 5.71. The molecule has 1 aliphatic heterocycles. The maximum absolute atomic E-state index is 11.6. The second kappa shape index (κ2) is 6.02. The Bertz CT molecular complexity index is 544. The van der Waals surface area contributed by atoms with Gasteiger partial charge in [-0.1, -0.05) is 0 Å². The van der Waals surface area contributed by atoms with Crippen molar-refractivity contribution in [3.8, 4) is 0 Å². The molecule has 2 aliphatic rings. The molecule has 21 heavy (non-hydrogen) atoms. The van der Waals surface area contributed by atoms with Crippen molar-refractivity contribution < 1.29 is 9.53 Å². The van der Waals surface area contributed by atoms with Gasteiger partial charge in [0, 0.05) is 18.3 Å². The molecule has 1 heterocycles. The van der Waals surface area contributed by atoms with Gasteiger partial charge in [-0.05, 0) is 68.6 Å². The summed E-state index contributed by atoms with van der Waals surface area (Å²) < 4.78 is 4.97. The summed E-state index contributed by atoms with van der Waals surface area (Å²) in [7, 11) is 0. The summed E-state index contributed by atoms with van der Waals surface area (Å²) in [6.07, 6.45) is 3.88. The number of rotatable bonds is 3. The summed E-state index contributed by atoms with van der Waals surface area (Å²) in [4.78, 5) is 13.9. The molecule has 0 unspecified atom stereocenters. The SMILES string of the molecule is CCOC(=O)c1ccc(NC(=S)N2C[C@H]3CC[C@@H]2C3)cc1. The molecule has 5 heteroatoms. The molecule has 0 aromatic heterocycles. The first kappa shape index (κ1) is 14.3. The van der Waals surface area contributed by atoms with Gasteiger partial charge in [0.05, 0.1) is 12.2 Å². The molecule has 1 aromatic carbocycles. The molecule has 3 rings (SSSR count). The molecule has 1 N–H and O–H groups in total. The summed E-state index contributed by atoms with van der Waals surface area (Å²) in [6, 6.07) is 7.88. The summed E-state index contributed by atoms with van der Waals surface area (Å²) >= 11 is 5.51. The predicted octanol–water partition coefficient (Wildman–Crippen LogP) is 3.04. The lowest BCUT2D eigenvalue weighted by molar-refractivity contribution is 0.0526. The van der Waals surface area contributed by atoms with Crippen LogP contribution in [0.2, 0.25) is 0 Å². The van der Waals surface area contributed by atoms with E-state index in [2.05, 4.69) is 10.2 Å². The topological polar surface area (TPSA) is 41.6 Å². The molecule has 2 atom stereocenters. The number of hydrogen-bond acceptors (Lipinski definition) is 3. The smallest absolute Gasteiger partial charge is 0.338 e. The maximum Gasteiger partial charge on any atom is 0.338 e. The van der Waals surface area contributed by atoms with Crippen molar-refractivity contribution in [1.29, 1.82) is 0 Å². The number of ether oxygens (including phenoxy) is 1. The Labute approximate surface area is 130 Å². The van der Waals surface area contributed by atoms with E-state index in [1.54, 1.807) is 19.1 Å². The zero-order chi connectivity index (χ0) is 14.8. The highest BCUT2D eigenvalue weighted by Crippen LogP contribution is 2.37. The quantitative estimate of drug-likeness (QED) is 0.686. The average molecular weight is 304 g/mol. The van der Waals surface area contributed by atoms with Crippen LogP contribution in [0.4, 0.5) is 5.69 Å². The van der Waals surface area contributed by atoms with Gasteiger partial charge in [-0.25, -0.2) is 4.79 Å². The molecule has 2 fully saturated rings. The normalized spacial score (nSPS) is 23.2. The molecule has 1 saturated carbocycles. The number of benzene rings is 1.